The van der Waals surface area contributed by atoms with Crippen LogP contribution in [0.25, 0.3) is 0 Å². The van der Waals surface area contributed by atoms with Gasteiger partial charge in [-0.05, 0) is 37.9 Å². The van der Waals surface area contributed by atoms with Crippen molar-refractivity contribution in [2.75, 3.05) is 25.0 Å². The largest absolute Gasteiger partial charge is 0.384 e. The molecule has 1 saturated heterocycles. The first kappa shape index (κ1) is 12.4. The molecule has 1 aromatic carbocycles. The van der Waals surface area contributed by atoms with Crippen molar-refractivity contribution in [3.8, 4) is 0 Å². The average Bonchev–Trinajstić information content (AvgIpc) is 2.39. The Kier molecular flexibility index (Phi) is 4.43. The van der Waals surface area contributed by atoms with Crippen LogP contribution in [0, 0.1) is 5.41 Å². The summed E-state index contributed by atoms with van der Waals surface area (Å²) in [5, 5.41) is 7.16. The summed E-state index contributed by atoms with van der Waals surface area (Å²) in [6.45, 7) is 5.74. The highest BCUT2D eigenvalue weighted by molar-refractivity contribution is 5.42. The summed E-state index contributed by atoms with van der Waals surface area (Å²) in [5.41, 5.74) is 1.71. The lowest BCUT2D eigenvalue weighted by Crippen LogP contribution is -2.44. The zero-order chi connectivity index (χ0) is 12.0. The molecule has 0 spiro atoms. The molecule has 94 valence electrons. The lowest BCUT2D eigenvalue weighted by molar-refractivity contribution is 0.206. The summed E-state index contributed by atoms with van der Waals surface area (Å²) in [7, 11) is 0. The summed E-state index contributed by atoms with van der Waals surface area (Å²) in [6, 6.07) is 10.5. The van der Waals surface area contributed by atoms with Gasteiger partial charge in [0.25, 0.3) is 0 Å². The molecule has 0 aliphatic carbocycles. The van der Waals surface area contributed by atoms with Crippen molar-refractivity contribution in [1.29, 1.82) is 0 Å². The van der Waals surface area contributed by atoms with Crippen LogP contribution in [-0.4, -0.2) is 19.6 Å². The van der Waals surface area contributed by atoms with Gasteiger partial charge in [-0.1, -0.05) is 31.5 Å². The number of para-hydroxylation sites is 1. The summed E-state index contributed by atoms with van der Waals surface area (Å²) < 4.78 is 0. The molecule has 1 aromatic rings. The molecule has 17 heavy (non-hydrogen) atoms. The van der Waals surface area contributed by atoms with Crippen molar-refractivity contribution >= 4 is 5.69 Å². The Labute approximate surface area is 105 Å². The molecular weight excluding hydrogens is 208 g/mol. The van der Waals surface area contributed by atoms with Gasteiger partial charge in [-0.25, -0.2) is 0 Å². The predicted octanol–water partition coefficient (Wildman–Crippen LogP) is 3.27. The monoisotopic (exact) mass is 232 g/mol. The first-order chi connectivity index (χ1) is 8.35. The molecule has 1 heterocycles. The first-order valence-electron chi connectivity index (χ1n) is 6.84. The van der Waals surface area contributed by atoms with Crippen LogP contribution in [0.15, 0.2) is 30.3 Å². The molecule has 2 nitrogen and oxygen atoms in total. The fourth-order valence-electron chi connectivity index (χ4n) is 2.86. The highest BCUT2D eigenvalue weighted by Crippen LogP contribution is 2.31. The number of nitrogens with one attached hydrogen (secondary N) is 2. The third-order valence-electron chi connectivity index (χ3n) is 3.78. The minimum Gasteiger partial charge on any atom is -0.384 e. The lowest BCUT2D eigenvalue weighted by Gasteiger charge is -2.38. The maximum absolute atomic E-state index is 3.60. The summed E-state index contributed by atoms with van der Waals surface area (Å²) >= 11 is 0. The molecule has 1 atom stereocenters. The van der Waals surface area contributed by atoms with Crippen LogP contribution in [0.2, 0.25) is 0 Å². The van der Waals surface area contributed by atoms with Crippen LogP contribution in [0.1, 0.15) is 32.6 Å². The molecule has 2 rings (SSSR count). The molecule has 0 saturated carbocycles. The highest BCUT2D eigenvalue weighted by Gasteiger charge is 2.30. The van der Waals surface area contributed by atoms with Gasteiger partial charge < -0.3 is 10.6 Å². The van der Waals surface area contributed by atoms with E-state index in [1.807, 2.05) is 0 Å². The molecule has 0 aromatic heterocycles. The Morgan fingerprint density at radius 3 is 2.76 bits per heavy atom. The van der Waals surface area contributed by atoms with Crippen molar-refractivity contribution in [2.24, 2.45) is 5.41 Å². The molecular formula is C15H24N2. The maximum Gasteiger partial charge on any atom is 0.0340 e. The van der Waals surface area contributed by atoms with Gasteiger partial charge in [0, 0.05) is 24.2 Å². The van der Waals surface area contributed by atoms with Crippen LogP contribution in [0.4, 0.5) is 5.69 Å². The normalized spacial score (nSPS) is 24.5. The minimum absolute atomic E-state index is 0.461. The Bertz CT molecular complexity index is 309. The smallest absolute Gasteiger partial charge is 0.0340 e. The van der Waals surface area contributed by atoms with Crippen molar-refractivity contribution in [3.63, 3.8) is 0 Å². The maximum atomic E-state index is 3.60. The summed E-state index contributed by atoms with van der Waals surface area (Å²) in [4.78, 5) is 0. The molecule has 1 unspecified atom stereocenters. The number of benzene rings is 1. The Hall–Kier alpha value is -1.02. The fraction of sp³-hybridized carbons (Fsp3) is 0.600. The standard InChI is InChI=1S/C15H24N2/c1-2-9-15(10-6-11-16-12-15)13-17-14-7-4-3-5-8-14/h3-5,7-8,16-17H,2,6,9-13H2,1H3. The van der Waals surface area contributed by atoms with Crippen LogP contribution in [0.5, 0.6) is 0 Å². The summed E-state index contributed by atoms with van der Waals surface area (Å²) in [5.74, 6) is 0. The van der Waals surface area contributed by atoms with E-state index in [1.165, 1.54) is 44.5 Å². The summed E-state index contributed by atoms with van der Waals surface area (Å²) in [6.07, 6.45) is 5.27. The average molecular weight is 232 g/mol. The quantitative estimate of drug-likeness (QED) is 0.814. The second-order valence-electron chi connectivity index (χ2n) is 5.25. The molecule has 0 radical (unpaired) electrons. The van der Waals surface area contributed by atoms with Crippen molar-refractivity contribution < 1.29 is 0 Å². The van der Waals surface area contributed by atoms with Crippen LogP contribution in [0.3, 0.4) is 0 Å². The van der Waals surface area contributed by atoms with Gasteiger partial charge in [-0.2, -0.15) is 0 Å². The molecule has 0 amide bonds. The lowest BCUT2D eigenvalue weighted by atomic mass is 9.77. The number of hydrogen-bond acceptors (Lipinski definition) is 2. The zero-order valence-electron chi connectivity index (χ0n) is 10.8. The van der Waals surface area contributed by atoms with E-state index in [4.69, 9.17) is 0 Å². The minimum atomic E-state index is 0.461. The van der Waals surface area contributed by atoms with Crippen LogP contribution in [-0.2, 0) is 0 Å². The van der Waals surface area contributed by atoms with Crippen LogP contribution < -0.4 is 10.6 Å². The van der Waals surface area contributed by atoms with Gasteiger partial charge >= 0.3 is 0 Å². The van der Waals surface area contributed by atoms with Crippen molar-refractivity contribution in [3.05, 3.63) is 30.3 Å². The van der Waals surface area contributed by atoms with Crippen molar-refractivity contribution in [1.82, 2.24) is 5.32 Å². The van der Waals surface area contributed by atoms with E-state index in [-0.39, 0.29) is 0 Å². The van der Waals surface area contributed by atoms with E-state index >= 15 is 0 Å². The molecule has 2 N–H and O–H groups in total. The van der Waals surface area contributed by atoms with E-state index in [2.05, 4.69) is 47.9 Å². The Morgan fingerprint density at radius 1 is 1.29 bits per heavy atom. The number of hydrogen-bond donors (Lipinski definition) is 2. The molecule has 2 heteroatoms. The predicted molar refractivity (Wildman–Crippen MR) is 74.4 cm³/mol. The van der Waals surface area contributed by atoms with E-state index in [0.717, 1.165) is 6.54 Å². The Balaban J connectivity index is 1.93. The van der Waals surface area contributed by atoms with E-state index in [1.54, 1.807) is 0 Å². The number of rotatable bonds is 5. The van der Waals surface area contributed by atoms with Gasteiger partial charge in [0.2, 0.25) is 0 Å². The van der Waals surface area contributed by atoms with E-state index in [9.17, 15) is 0 Å². The van der Waals surface area contributed by atoms with Gasteiger partial charge in [0.1, 0.15) is 0 Å². The van der Waals surface area contributed by atoms with Crippen LogP contribution >= 0.6 is 0 Å². The number of piperidine rings is 1. The van der Waals surface area contributed by atoms with Gasteiger partial charge in [-0.3, -0.25) is 0 Å². The first-order valence-corrected chi connectivity index (χ1v) is 6.84. The van der Waals surface area contributed by atoms with Crippen molar-refractivity contribution in [2.45, 2.75) is 32.6 Å². The SMILES string of the molecule is CCCC1(CNc2ccccc2)CCCNC1. The molecule has 1 fully saturated rings. The zero-order valence-corrected chi connectivity index (χ0v) is 10.8. The van der Waals surface area contributed by atoms with Gasteiger partial charge in [0.05, 0.1) is 0 Å². The van der Waals surface area contributed by atoms with Gasteiger partial charge in [-0.15, -0.1) is 0 Å². The second-order valence-corrected chi connectivity index (χ2v) is 5.25. The van der Waals surface area contributed by atoms with E-state index in [0.29, 0.717) is 5.41 Å². The van der Waals surface area contributed by atoms with Gasteiger partial charge in [0.15, 0.2) is 0 Å². The third-order valence-corrected chi connectivity index (χ3v) is 3.78. The fourth-order valence-corrected chi connectivity index (χ4v) is 2.86. The molecule has 1 aliphatic heterocycles. The molecule has 1 aliphatic rings. The Morgan fingerprint density at radius 2 is 2.12 bits per heavy atom. The number of anilines is 1. The molecule has 0 bridgehead atoms. The topological polar surface area (TPSA) is 24.1 Å². The van der Waals surface area contributed by atoms with E-state index < -0.39 is 0 Å². The second kappa shape index (κ2) is 6.06. The third kappa shape index (κ3) is 3.47. The highest BCUT2D eigenvalue weighted by atomic mass is 14.9.